The zero-order chi connectivity index (χ0) is 15.6. The Balaban J connectivity index is 2.29. The molecule has 2 aromatic carbocycles. The lowest BCUT2D eigenvalue weighted by Crippen LogP contribution is -2.26. The van der Waals surface area contributed by atoms with Crippen LogP contribution in [0.2, 0.25) is 0 Å². The lowest BCUT2D eigenvalue weighted by molar-refractivity contribution is -0.137. The Bertz CT molecular complexity index is 647. The summed E-state index contributed by atoms with van der Waals surface area (Å²) in [6.45, 7) is 1.92. The summed E-state index contributed by atoms with van der Waals surface area (Å²) in [5, 5.41) is 0. The van der Waals surface area contributed by atoms with Gasteiger partial charge in [-0.2, -0.15) is 13.2 Å². The lowest BCUT2D eigenvalue weighted by Gasteiger charge is -2.18. The van der Waals surface area contributed by atoms with E-state index in [1.807, 2.05) is 19.1 Å². The summed E-state index contributed by atoms with van der Waals surface area (Å²) in [5.74, 6) is -0.482. The van der Waals surface area contributed by atoms with Crippen molar-refractivity contribution in [1.82, 2.24) is 0 Å². The minimum atomic E-state index is -4.46. The van der Waals surface area contributed by atoms with Crippen LogP contribution in [-0.2, 0) is 6.18 Å². The Kier molecular flexibility index (Phi) is 4.02. The van der Waals surface area contributed by atoms with Crippen molar-refractivity contribution in [2.75, 3.05) is 11.9 Å². The topological polar surface area (TPSA) is 20.3 Å². The number of halogens is 3. The van der Waals surface area contributed by atoms with E-state index in [1.165, 1.54) is 24.1 Å². The number of aryl methyl sites for hydroxylation is 1. The first-order chi connectivity index (χ1) is 9.79. The number of alkyl halides is 3. The number of hydrogen-bond acceptors (Lipinski definition) is 1. The fourth-order valence-electron chi connectivity index (χ4n) is 1.91. The maximum atomic E-state index is 12.7. The second-order valence-corrected chi connectivity index (χ2v) is 4.78. The number of hydrogen-bond donors (Lipinski definition) is 0. The maximum absolute atomic E-state index is 12.7. The van der Waals surface area contributed by atoms with E-state index < -0.39 is 17.6 Å². The number of benzene rings is 2. The van der Waals surface area contributed by atoms with Gasteiger partial charge in [-0.3, -0.25) is 4.79 Å². The predicted molar refractivity (Wildman–Crippen MR) is 75.4 cm³/mol. The quantitative estimate of drug-likeness (QED) is 0.809. The molecule has 0 saturated heterocycles. The molecule has 0 heterocycles. The molecule has 0 aromatic heterocycles. The Hall–Kier alpha value is -2.30. The van der Waals surface area contributed by atoms with E-state index in [0.29, 0.717) is 5.69 Å². The molecule has 0 aliphatic carbocycles. The third-order valence-corrected chi connectivity index (χ3v) is 3.16. The van der Waals surface area contributed by atoms with Crippen LogP contribution in [0, 0.1) is 6.92 Å². The number of rotatable bonds is 2. The number of nitrogens with zero attached hydrogens (tertiary/aromatic N) is 1. The van der Waals surface area contributed by atoms with Crippen LogP contribution in [0.15, 0.2) is 48.5 Å². The van der Waals surface area contributed by atoms with E-state index in [2.05, 4.69) is 0 Å². The molecule has 0 spiro atoms. The molecule has 1 amide bonds. The Morgan fingerprint density at radius 3 is 2.24 bits per heavy atom. The van der Waals surface area contributed by atoms with Gasteiger partial charge in [-0.1, -0.05) is 23.8 Å². The highest BCUT2D eigenvalue weighted by Gasteiger charge is 2.31. The van der Waals surface area contributed by atoms with Gasteiger partial charge in [0.15, 0.2) is 0 Å². The molecule has 110 valence electrons. The molecule has 0 saturated carbocycles. The van der Waals surface area contributed by atoms with Gasteiger partial charge in [0.25, 0.3) is 5.91 Å². The van der Waals surface area contributed by atoms with Gasteiger partial charge in [-0.15, -0.1) is 0 Å². The standard InChI is InChI=1S/C16H14F3NO/c1-11-6-8-14(9-7-11)20(2)15(21)12-4-3-5-13(10-12)16(17,18)19/h3-10H,1-2H3. The zero-order valence-electron chi connectivity index (χ0n) is 11.6. The Labute approximate surface area is 120 Å². The second-order valence-electron chi connectivity index (χ2n) is 4.78. The summed E-state index contributed by atoms with van der Waals surface area (Å²) >= 11 is 0. The molecule has 2 nitrogen and oxygen atoms in total. The lowest BCUT2D eigenvalue weighted by atomic mass is 10.1. The van der Waals surface area contributed by atoms with Crippen LogP contribution in [0.3, 0.4) is 0 Å². The van der Waals surface area contributed by atoms with Crippen LogP contribution in [0.5, 0.6) is 0 Å². The molecule has 0 N–H and O–H groups in total. The molecule has 2 aromatic rings. The minimum Gasteiger partial charge on any atom is -0.311 e. The largest absolute Gasteiger partial charge is 0.416 e. The van der Waals surface area contributed by atoms with Gasteiger partial charge in [-0.05, 0) is 37.3 Å². The van der Waals surface area contributed by atoms with Gasteiger partial charge < -0.3 is 4.90 Å². The van der Waals surface area contributed by atoms with E-state index in [0.717, 1.165) is 17.7 Å². The number of amides is 1. The third-order valence-electron chi connectivity index (χ3n) is 3.16. The van der Waals surface area contributed by atoms with Crippen molar-refractivity contribution >= 4 is 11.6 Å². The first kappa shape index (κ1) is 15.1. The average molecular weight is 293 g/mol. The first-order valence-electron chi connectivity index (χ1n) is 6.31. The zero-order valence-corrected chi connectivity index (χ0v) is 11.6. The smallest absolute Gasteiger partial charge is 0.311 e. The SMILES string of the molecule is Cc1ccc(N(C)C(=O)c2cccc(C(F)(F)F)c2)cc1. The molecule has 21 heavy (non-hydrogen) atoms. The van der Waals surface area contributed by atoms with E-state index in [4.69, 9.17) is 0 Å². The van der Waals surface area contributed by atoms with Crippen LogP contribution in [-0.4, -0.2) is 13.0 Å². The van der Waals surface area contributed by atoms with Crippen molar-refractivity contribution in [3.05, 3.63) is 65.2 Å². The van der Waals surface area contributed by atoms with Crippen molar-refractivity contribution in [1.29, 1.82) is 0 Å². The van der Waals surface area contributed by atoms with Crippen LogP contribution in [0.4, 0.5) is 18.9 Å². The highest BCUT2D eigenvalue weighted by molar-refractivity contribution is 6.05. The van der Waals surface area contributed by atoms with Crippen LogP contribution >= 0.6 is 0 Å². The third kappa shape index (κ3) is 3.42. The van der Waals surface area contributed by atoms with E-state index in [1.54, 1.807) is 12.1 Å². The van der Waals surface area contributed by atoms with Crippen molar-refractivity contribution in [3.63, 3.8) is 0 Å². The van der Waals surface area contributed by atoms with Crippen LogP contribution < -0.4 is 4.90 Å². The molecular weight excluding hydrogens is 279 g/mol. The molecule has 0 radical (unpaired) electrons. The molecule has 0 fully saturated rings. The summed E-state index contributed by atoms with van der Waals surface area (Å²) in [4.78, 5) is 13.6. The maximum Gasteiger partial charge on any atom is 0.416 e. The number of carbonyl (C=O) groups is 1. The fourth-order valence-corrected chi connectivity index (χ4v) is 1.91. The molecule has 0 unspecified atom stereocenters. The molecule has 2 rings (SSSR count). The van der Waals surface area contributed by atoms with E-state index in [-0.39, 0.29) is 5.56 Å². The molecular formula is C16H14F3NO. The number of carbonyl (C=O) groups excluding carboxylic acids is 1. The van der Waals surface area contributed by atoms with Gasteiger partial charge in [0, 0.05) is 18.3 Å². The summed E-state index contributed by atoms with van der Waals surface area (Å²) < 4.78 is 38.0. The van der Waals surface area contributed by atoms with Gasteiger partial charge in [0.2, 0.25) is 0 Å². The Morgan fingerprint density at radius 2 is 1.67 bits per heavy atom. The average Bonchev–Trinajstić information content (AvgIpc) is 2.46. The van der Waals surface area contributed by atoms with Gasteiger partial charge in [0.05, 0.1) is 5.56 Å². The predicted octanol–water partition coefficient (Wildman–Crippen LogP) is 4.29. The number of anilines is 1. The van der Waals surface area contributed by atoms with Gasteiger partial charge in [-0.25, -0.2) is 0 Å². The summed E-state index contributed by atoms with van der Waals surface area (Å²) in [5.41, 5.74) is 0.847. The monoisotopic (exact) mass is 293 g/mol. The van der Waals surface area contributed by atoms with Crippen molar-refractivity contribution in [2.45, 2.75) is 13.1 Å². The van der Waals surface area contributed by atoms with Crippen molar-refractivity contribution in [2.24, 2.45) is 0 Å². The van der Waals surface area contributed by atoms with E-state index in [9.17, 15) is 18.0 Å². The molecule has 0 atom stereocenters. The van der Waals surface area contributed by atoms with Gasteiger partial charge >= 0.3 is 6.18 Å². The minimum absolute atomic E-state index is 0.00731. The normalized spacial score (nSPS) is 11.3. The highest BCUT2D eigenvalue weighted by atomic mass is 19.4. The van der Waals surface area contributed by atoms with Gasteiger partial charge in [0.1, 0.15) is 0 Å². The molecule has 0 bridgehead atoms. The van der Waals surface area contributed by atoms with Crippen LogP contribution in [0.25, 0.3) is 0 Å². The Morgan fingerprint density at radius 1 is 1.05 bits per heavy atom. The summed E-state index contributed by atoms with van der Waals surface area (Å²) in [6, 6.07) is 11.6. The second kappa shape index (κ2) is 5.60. The molecule has 5 heteroatoms. The van der Waals surface area contributed by atoms with E-state index >= 15 is 0 Å². The van der Waals surface area contributed by atoms with Crippen molar-refractivity contribution in [3.8, 4) is 0 Å². The summed E-state index contributed by atoms with van der Waals surface area (Å²) in [6.07, 6.45) is -4.46. The fraction of sp³-hybridized carbons (Fsp3) is 0.188. The van der Waals surface area contributed by atoms with Crippen molar-refractivity contribution < 1.29 is 18.0 Å². The molecule has 0 aliphatic heterocycles. The molecule has 0 aliphatic rings. The summed E-state index contributed by atoms with van der Waals surface area (Å²) in [7, 11) is 1.53. The highest BCUT2D eigenvalue weighted by Crippen LogP contribution is 2.30. The first-order valence-corrected chi connectivity index (χ1v) is 6.31. The van der Waals surface area contributed by atoms with Crippen LogP contribution in [0.1, 0.15) is 21.5 Å².